The zero-order chi connectivity index (χ0) is 31.0. The average Bonchev–Trinajstić information content (AvgIpc) is 2.95. The third kappa shape index (κ3) is 66.1. The first-order valence-electron chi connectivity index (χ1n) is 17.0. The van der Waals surface area contributed by atoms with Crippen LogP contribution in [-0.2, 0) is 9.59 Å². The van der Waals surface area contributed by atoms with Gasteiger partial charge in [0.15, 0.2) is 0 Å². The van der Waals surface area contributed by atoms with Crippen LogP contribution in [0, 0.1) is 0 Å². The maximum absolute atomic E-state index is 9.37. The highest BCUT2D eigenvalue weighted by Gasteiger charge is 1.93. The summed E-state index contributed by atoms with van der Waals surface area (Å²) in [4.78, 5) is 18.7. The Morgan fingerprint density at radius 3 is 0.650 bits per heavy atom. The molecule has 0 saturated carbocycles. The SMILES string of the molecule is CCC(=O)O.CCC(=O)O.CCCCCCCCCCCCCCS.CCCCCCCCCCCCCCS. The lowest BCUT2D eigenvalue weighted by molar-refractivity contribution is -0.137. The molecule has 244 valence electrons. The normalized spacial score (nSPS) is 9.95. The molecule has 0 aliphatic rings. The van der Waals surface area contributed by atoms with Gasteiger partial charge >= 0.3 is 11.9 Å². The molecule has 6 heteroatoms. The topological polar surface area (TPSA) is 74.6 Å². The predicted octanol–water partition coefficient (Wildman–Crippen LogP) is 12.2. The molecule has 0 saturated heterocycles. The number of carbonyl (C=O) groups is 2. The summed E-state index contributed by atoms with van der Waals surface area (Å²) in [6, 6.07) is 0. The number of carboxylic acid groups (broad SMARTS) is 2. The minimum Gasteiger partial charge on any atom is -0.481 e. The molecule has 0 aliphatic carbocycles. The third-order valence-corrected chi connectivity index (χ3v) is 7.26. The molecule has 0 heterocycles. The van der Waals surface area contributed by atoms with E-state index in [2.05, 4.69) is 39.1 Å². The highest BCUT2D eigenvalue weighted by atomic mass is 32.1. The van der Waals surface area contributed by atoms with Crippen molar-refractivity contribution < 1.29 is 19.8 Å². The summed E-state index contributed by atoms with van der Waals surface area (Å²) in [6.07, 6.45) is 34.8. The minimum absolute atomic E-state index is 0.222. The van der Waals surface area contributed by atoms with Crippen LogP contribution in [-0.4, -0.2) is 33.7 Å². The first kappa shape index (κ1) is 46.6. The van der Waals surface area contributed by atoms with Crippen LogP contribution >= 0.6 is 25.3 Å². The van der Waals surface area contributed by atoms with Crippen LogP contribution < -0.4 is 0 Å². The Balaban J connectivity index is -0.000000243. The summed E-state index contributed by atoms with van der Waals surface area (Å²) >= 11 is 8.44. The van der Waals surface area contributed by atoms with Gasteiger partial charge in [0.05, 0.1) is 0 Å². The molecule has 0 unspecified atom stereocenters. The number of hydrogen-bond acceptors (Lipinski definition) is 4. The Bertz CT molecular complexity index is 384. The number of thiol groups is 2. The number of carboxylic acids is 2. The second-order valence-corrected chi connectivity index (χ2v) is 11.6. The smallest absolute Gasteiger partial charge is 0.303 e. The molecule has 2 N–H and O–H groups in total. The van der Waals surface area contributed by atoms with Crippen LogP contribution in [0.5, 0.6) is 0 Å². The van der Waals surface area contributed by atoms with Crippen LogP contribution in [0.3, 0.4) is 0 Å². The standard InChI is InChI=1S/2C14H30S.2C3H6O2/c2*1-2-3-4-5-6-7-8-9-10-11-12-13-14-15;2*1-2-3(4)5/h2*15H,2-14H2,1H3;2*2H2,1H3,(H,4,5). The van der Waals surface area contributed by atoms with E-state index >= 15 is 0 Å². The third-order valence-electron chi connectivity index (χ3n) is 6.63. The fourth-order valence-corrected chi connectivity index (χ4v) is 4.35. The molecule has 0 fully saturated rings. The van der Waals surface area contributed by atoms with Gasteiger partial charge in [-0.3, -0.25) is 9.59 Å². The summed E-state index contributed by atoms with van der Waals surface area (Å²) in [5.41, 5.74) is 0. The van der Waals surface area contributed by atoms with Gasteiger partial charge in [0, 0.05) is 12.8 Å². The van der Waals surface area contributed by atoms with E-state index < -0.39 is 11.9 Å². The first-order chi connectivity index (χ1) is 19.4. The Labute approximate surface area is 262 Å². The summed E-state index contributed by atoms with van der Waals surface area (Å²) < 4.78 is 0. The van der Waals surface area contributed by atoms with Gasteiger partial charge in [-0.25, -0.2) is 0 Å². The zero-order valence-corrected chi connectivity index (χ0v) is 29.2. The lowest BCUT2D eigenvalue weighted by atomic mass is 10.1. The first-order valence-corrected chi connectivity index (χ1v) is 18.3. The van der Waals surface area contributed by atoms with E-state index in [1.807, 2.05) is 0 Å². The van der Waals surface area contributed by atoms with Crippen LogP contribution in [0.4, 0.5) is 0 Å². The summed E-state index contributed by atoms with van der Waals surface area (Å²) in [5, 5.41) is 15.4. The van der Waals surface area contributed by atoms with Gasteiger partial charge in [0.1, 0.15) is 0 Å². The van der Waals surface area contributed by atoms with Crippen molar-refractivity contribution in [3.05, 3.63) is 0 Å². The van der Waals surface area contributed by atoms with E-state index in [-0.39, 0.29) is 12.8 Å². The van der Waals surface area contributed by atoms with Crippen molar-refractivity contribution in [2.75, 3.05) is 11.5 Å². The number of unbranched alkanes of at least 4 members (excludes halogenated alkanes) is 22. The van der Waals surface area contributed by atoms with Gasteiger partial charge in [-0.05, 0) is 24.3 Å². The zero-order valence-electron chi connectivity index (χ0n) is 27.4. The molecule has 40 heavy (non-hydrogen) atoms. The number of hydrogen-bond donors (Lipinski definition) is 4. The van der Waals surface area contributed by atoms with Gasteiger partial charge in [0.25, 0.3) is 0 Å². The molecule has 0 bridgehead atoms. The van der Waals surface area contributed by atoms with E-state index in [1.54, 1.807) is 13.8 Å². The van der Waals surface area contributed by atoms with Crippen LogP contribution in [0.1, 0.15) is 195 Å². The second kappa shape index (κ2) is 48.4. The Kier molecular flexibility index (Phi) is 56.4. The monoisotopic (exact) mass is 608 g/mol. The summed E-state index contributed by atoms with van der Waals surface area (Å²) in [5.74, 6) is 0.643. The van der Waals surface area contributed by atoms with Crippen molar-refractivity contribution in [3.8, 4) is 0 Å². The van der Waals surface area contributed by atoms with E-state index in [0.717, 1.165) is 11.5 Å². The Hall–Kier alpha value is -0.360. The van der Waals surface area contributed by atoms with E-state index in [4.69, 9.17) is 10.2 Å². The fourth-order valence-electron chi connectivity index (χ4n) is 3.91. The summed E-state index contributed by atoms with van der Waals surface area (Å²) in [7, 11) is 0. The minimum atomic E-state index is -0.745. The Morgan fingerprint density at radius 2 is 0.525 bits per heavy atom. The van der Waals surface area contributed by atoms with Crippen LogP contribution in [0.15, 0.2) is 0 Å². The fraction of sp³-hybridized carbons (Fsp3) is 0.941. The van der Waals surface area contributed by atoms with Crippen LogP contribution in [0.2, 0.25) is 0 Å². The molecule has 0 aliphatic heterocycles. The van der Waals surface area contributed by atoms with Crippen molar-refractivity contribution in [2.45, 2.75) is 195 Å². The average molecular weight is 609 g/mol. The van der Waals surface area contributed by atoms with E-state index in [0.29, 0.717) is 0 Å². The molecule has 0 aromatic heterocycles. The summed E-state index contributed by atoms with van der Waals surface area (Å²) in [6.45, 7) is 7.76. The molecular formula is C34H72O4S2. The molecule has 0 amide bonds. The van der Waals surface area contributed by atoms with E-state index in [1.165, 1.54) is 154 Å². The highest BCUT2D eigenvalue weighted by molar-refractivity contribution is 7.80. The number of aliphatic carboxylic acids is 2. The van der Waals surface area contributed by atoms with Gasteiger partial charge in [-0.2, -0.15) is 25.3 Å². The maximum atomic E-state index is 9.37. The molecule has 4 nitrogen and oxygen atoms in total. The van der Waals surface area contributed by atoms with E-state index in [9.17, 15) is 9.59 Å². The lowest BCUT2D eigenvalue weighted by Crippen LogP contribution is -1.86. The largest absolute Gasteiger partial charge is 0.481 e. The molecule has 0 aromatic carbocycles. The molecule has 0 rings (SSSR count). The van der Waals surface area contributed by atoms with Gasteiger partial charge < -0.3 is 10.2 Å². The van der Waals surface area contributed by atoms with Gasteiger partial charge in [-0.1, -0.05) is 169 Å². The Morgan fingerprint density at radius 1 is 0.375 bits per heavy atom. The van der Waals surface area contributed by atoms with Crippen LogP contribution in [0.25, 0.3) is 0 Å². The molecule has 0 aromatic rings. The lowest BCUT2D eigenvalue weighted by Gasteiger charge is -2.01. The van der Waals surface area contributed by atoms with Crippen molar-refractivity contribution in [2.24, 2.45) is 0 Å². The molecule has 0 atom stereocenters. The molecular weight excluding hydrogens is 537 g/mol. The van der Waals surface area contributed by atoms with Crippen molar-refractivity contribution in [3.63, 3.8) is 0 Å². The predicted molar refractivity (Wildman–Crippen MR) is 186 cm³/mol. The van der Waals surface area contributed by atoms with Crippen molar-refractivity contribution >= 4 is 37.2 Å². The van der Waals surface area contributed by atoms with Gasteiger partial charge in [-0.15, -0.1) is 0 Å². The quantitative estimate of drug-likeness (QED) is 0.0582. The molecule has 0 radical (unpaired) electrons. The van der Waals surface area contributed by atoms with Crippen molar-refractivity contribution in [1.29, 1.82) is 0 Å². The maximum Gasteiger partial charge on any atom is 0.303 e. The van der Waals surface area contributed by atoms with Gasteiger partial charge in [0.2, 0.25) is 0 Å². The second-order valence-electron chi connectivity index (χ2n) is 10.7. The highest BCUT2D eigenvalue weighted by Crippen LogP contribution is 2.13. The molecule has 0 spiro atoms. The van der Waals surface area contributed by atoms with Crippen molar-refractivity contribution in [1.82, 2.24) is 0 Å². The number of rotatable bonds is 26.